The third kappa shape index (κ3) is 5.82. The van der Waals surface area contributed by atoms with Crippen molar-refractivity contribution >= 4 is 28.7 Å². The van der Waals surface area contributed by atoms with Gasteiger partial charge in [-0.05, 0) is 52.0 Å². The van der Waals surface area contributed by atoms with Gasteiger partial charge in [-0.15, -0.1) is 0 Å². The number of amidine groups is 1. The summed E-state index contributed by atoms with van der Waals surface area (Å²) in [5, 5.41) is 0. The first-order chi connectivity index (χ1) is 11.1. The van der Waals surface area contributed by atoms with E-state index in [1.165, 1.54) is 0 Å². The van der Waals surface area contributed by atoms with Crippen LogP contribution in [0.5, 0.6) is 5.75 Å². The number of rotatable bonds is 8. The highest BCUT2D eigenvalue weighted by Gasteiger charge is 2.14. The van der Waals surface area contributed by atoms with Gasteiger partial charge in [-0.2, -0.15) is 0 Å². The van der Waals surface area contributed by atoms with Crippen molar-refractivity contribution < 1.29 is 4.74 Å². The van der Waals surface area contributed by atoms with Crippen LogP contribution in [0.4, 0.5) is 5.69 Å². The molecule has 0 aliphatic rings. The van der Waals surface area contributed by atoms with Crippen LogP contribution in [0.15, 0.2) is 29.3 Å². The van der Waals surface area contributed by atoms with Crippen molar-refractivity contribution in [2.75, 3.05) is 33.3 Å². The van der Waals surface area contributed by atoms with Crippen molar-refractivity contribution in [3.05, 3.63) is 24.3 Å². The Balaban J connectivity index is 3.03. The van der Waals surface area contributed by atoms with Crippen LogP contribution in [0.25, 0.3) is 0 Å². The Morgan fingerprint density at radius 2 is 1.48 bits per heavy atom. The Morgan fingerprint density at radius 1 is 0.957 bits per heavy atom. The van der Waals surface area contributed by atoms with E-state index in [1.54, 1.807) is 7.11 Å². The highest BCUT2D eigenvalue weighted by atomic mass is 32.1. The lowest BCUT2D eigenvalue weighted by Crippen LogP contribution is -2.37. The normalized spacial score (nSPS) is 11.3. The van der Waals surface area contributed by atoms with E-state index in [4.69, 9.17) is 21.9 Å². The van der Waals surface area contributed by atoms with E-state index in [9.17, 15) is 0 Å². The molecule has 0 heterocycles. The maximum Gasteiger partial charge on any atom is 0.119 e. The van der Waals surface area contributed by atoms with Crippen molar-refractivity contribution in [2.24, 2.45) is 4.99 Å². The molecule has 0 atom stereocenters. The third-order valence-corrected chi connectivity index (χ3v) is 4.29. The quantitative estimate of drug-likeness (QED) is 0.406. The fraction of sp³-hybridized carbons (Fsp3) is 0.556. The van der Waals surface area contributed by atoms with E-state index in [0.29, 0.717) is 6.42 Å². The van der Waals surface area contributed by atoms with E-state index in [2.05, 4.69) is 37.5 Å². The van der Waals surface area contributed by atoms with Gasteiger partial charge in [0.25, 0.3) is 0 Å². The summed E-state index contributed by atoms with van der Waals surface area (Å²) in [6.07, 6.45) is 0.699. The molecule has 128 valence electrons. The molecule has 0 saturated heterocycles. The Kier molecular flexibility index (Phi) is 8.62. The second-order valence-corrected chi connectivity index (χ2v) is 5.61. The minimum absolute atomic E-state index is 0.699. The van der Waals surface area contributed by atoms with Crippen LogP contribution in [0.3, 0.4) is 0 Å². The summed E-state index contributed by atoms with van der Waals surface area (Å²) in [4.78, 5) is 10.3. The molecule has 0 unspecified atom stereocenters. The molecule has 0 spiro atoms. The number of hydrogen-bond acceptors (Lipinski definition) is 3. The number of benzene rings is 1. The van der Waals surface area contributed by atoms with Gasteiger partial charge in [-0.1, -0.05) is 12.2 Å². The molecule has 0 bridgehead atoms. The van der Waals surface area contributed by atoms with Gasteiger partial charge in [-0.25, -0.2) is 4.99 Å². The van der Waals surface area contributed by atoms with Crippen molar-refractivity contribution in [1.29, 1.82) is 0 Å². The molecule has 0 amide bonds. The van der Waals surface area contributed by atoms with Gasteiger partial charge >= 0.3 is 0 Å². The first kappa shape index (κ1) is 19.4. The van der Waals surface area contributed by atoms with E-state index in [1.807, 2.05) is 24.3 Å². The molecule has 23 heavy (non-hydrogen) atoms. The van der Waals surface area contributed by atoms with Crippen LogP contribution in [0.1, 0.15) is 34.1 Å². The molecule has 0 aliphatic carbocycles. The van der Waals surface area contributed by atoms with Crippen LogP contribution >= 0.6 is 12.2 Å². The van der Waals surface area contributed by atoms with Gasteiger partial charge in [0, 0.05) is 26.2 Å². The zero-order chi connectivity index (χ0) is 17.2. The molecule has 0 radical (unpaired) electrons. The van der Waals surface area contributed by atoms with Crippen LogP contribution in [-0.2, 0) is 0 Å². The minimum Gasteiger partial charge on any atom is -0.497 e. The van der Waals surface area contributed by atoms with E-state index >= 15 is 0 Å². The molecule has 4 nitrogen and oxygen atoms in total. The van der Waals surface area contributed by atoms with Gasteiger partial charge in [0.15, 0.2) is 0 Å². The fourth-order valence-corrected chi connectivity index (χ4v) is 2.83. The predicted molar refractivity (Wildman–Crippen MR) is 103 cm³/mol. The Morgan fingerprint density at radius 3 is 1.91 bits per heavy atom. The molecular formula is C18H29N3OS. The van der Waals surface area contributed by atoms with Crippen molar-refractivity contribution in [3.63, 3.8) is 0 Å². The highest BCUT2D eigenvalue weighted by molar-refractivity contribution is 7.80. The van der Waals surface area contributed by atoms with Crippen molar-refractivity contribution in [1.82, 2.24) is 9.80 Å². The Hall–Kier alpha value is -1.62. The average molecular weight is 336 g/mol. The third-order valence-electron chi connectivity index (χ3n) is 3.88. The topological polar surface area (TPSA) is 28.1 Å². The summed E-state index contributed by atoms with van der Waals surface area (Å²) in [6, 6.07) is 7.81. The maximum atomic E-state index is 5.62. The van der Waals surface area contributed by atoms with Gasteiger partial charge < -0.3 is 14.5 Å². The average Bonchev–Trinajstić information content (AvgIpc) is 2.57. The highest BCUT2D eigenvalue weighted by Crippen LogP contribution is 2.19. The van der Waals surface area contributed by atoms with Gasteiger partial charge in [0.05, 0.1) is 24.2 Å². The number of aliphatic imine (C=N–C) groups is 1. The lowest BCUT2D eigenvalue weighted by atomic mass is 10.2. The number of ether oxygens (including phenoxy) is 1. The summed E-state index contributed by atoms with van der Waals surface area (Å²) < 4.78 is 5.20. The largest absolute Gasteiger partial charge is 0.497 e. The lowest BCUT2D eigenvalue weighted by molar-refractivity contribution is 0.415. The standard InChI is InChI=1S/C18H29N3OS/c1-6-20(7-2)17(14-18(23)21(8-3)9-4)19-15-10-12-16(22-5)13-11-15/h10-13H,6-9,14H2,1-5H3. The lowest BCUT2D eigenvalue weighted by Gasteiger charge is -2.27. The predicted octanol–water partition coefficient (Wildman–Crippen LogP) is 4.13. The van der Waals surface area contributed by atoms with Gasteiger partial charge in [-0.3, -0.25) is 0 Å². The van der Waals surface area contributed by atoms with Crippen LogP contribution in [0.2, 0.25) is 0 Å². The first-order valence-corrected chi connectivity index (χ1v) is 8.74. The summed E-state index contributed by atoms with van der Waals surface area (Å²) in [6.45, 7) is 12.3. The van der Waals surface area contributed by atoms with E-state index in [0.717, 1.165) is 48.4 Å². The molecule has 1 aromatic rings. The smallest absolute Gasteiger partial charge is 0.119 e. The monoisotopic (exact) mass is 335 g/mol. The van der Waals surface area contributed by atoms with E-state index in [-0.39, 0.29) is 0 Å². The number of thiocarbonyl (C=S) groups is 1. The van der Waals surface area contributed by atoms with Gasteiger partial charge in [0.2, 0.25) is 0 Å². The van der Waals surface area contributed by atoms with Crippen LogP contribution in [-0.4, -0.2) is 53.9 Å². The SMILES string of the molecule is CCN(CC)C(=S)CC(=Nc1ccc(OC)cc1)N(CC)CC. The zero-order valence-electron chi connectivity index (χ0n) is 15.0. The summed E-state index contributed by atoms with van der Waals surface area (Å²) in [5.41, 5.74) is 0.926. The molecule has 0 saturated carbocycles. The van der Waals surface area contributed by atoms with E-state index < -0.39 is 0 Å². The molecule has 0 N–H and O–H groups in total. The van der Waals surface area contributed by atoms with Crippen molar-refractivity contribution in [2.45, 2.75) is 34.1 Å². The molecule has 0 aliphatic heterocycles. The second kappa shape index (κ2) is 10.2. The Labute approximate surface area is 146 Å². The molecule has 5 heteroatoms. The molecular weight excluding hydrogens is 306 g/mol. The number of nitrogens with zero attached hydrogens (tertiary/aromatic N) is 3. The van der Waals surface area contributed by atoms with Crippen LogP contribution in [0, 0.1) is 0 Å². The minimum atomic E-state index is 0.699. The first-order valence-electron chi connectivity index (χ1n) is 8.33. The number of methoxy groups -OCH3 is 1. The summed E-state index contributed by atoms with van der Waals surface area (Å²) in [7, 11) is 1.67. The molecule has 1 aromatic carbocycles. The molecule has 1 rings (SSSR count). The fourth-order valence-electron chi connectivity index (χ4n) is 2.44. The molecule has 0 aromatic heterocycles. The Bertz CT molecular complexity index is 506. The summed E-state index contributed by atoms with van der Waals surface area (Å²) >= 11 is 5.62. The van der Waals surface area contributed by atoms with Crippen molar-refractivity contribution in [3.8, 4) is 5.75 Å². The number of hydrogen-bond donors (Lipinski definition) is 0. The zero-order valence-corrected chi connectivity index (χ0v) is 15.8. The summed E-state index contributed by atoms with van der Waals surface area (Å²) in [5.74, 6) is 1.86. The second-order valence-electron chi connectivity index (χ2n) is 5.14. The molecule has 0 fully saturated rings. The van der Waals surface area contributed by atoms with Gasteiger partial charge in [0.1, 0.15) is 11.6 Å². The maximum absolute atomic E-state index is 5.62. The van der Waals surface area contributed by atoms with Crippen LogP contribution < -0.4 is 4.74 Å².